The largest absolute Gasteiger partial charge is 0.378 e. The molecule has 0 radical (unpaired) electrons. The molecule has 2 aliphatic rings. The fraction of sp³-hybridized carbons (Fsp3) is 0.526. The third-order valence-corrected chi connectivity index (χ3v) is 5.07. The number of pyridine rings is 1. The van der Waals surface area contributed by atoms with Crippen LogP contribution in [0.5, 0.6) is 0 Å². The van der Waals surface area contributed by atoms with Gasteiger partial charge in [0.25, 0.3) is 0 Å². The molecule has 0 aromatic carbocycles. The number of nitrogens with zero attached hydrogens (tertiary/aromatic N) is 6. The summed E-state index contributed by atoms with van der Waals surface area (Å²) in [7, 11) is 0. The molecule has 8 heteroatoms. The molecule has 27 heavy (non-hydrogen) atoms. The van der Waals surface area contributed by atoms with Gasteiger partial charge in [-0.1, -0.05) is 0 Å². The smallest absolute Gasteiger partial charge is 0.227 e. The molecule has 4 heterocycles. The Morgan fingerprint density at radius 3 is 2.56 bits per heavy atom. The van der Waals surface area contributed by atoms with E-state index in [1.807, 2.05) is 13.0 Å². The quantitative estimate of drug-likeness (QED) is 0.806. The number of ether oxygens (including phenoxy) is 1. The third-order valence-electron chi connectivity index (χ3n) is 5.07. The predicted molar refractivity (Wildman–Crippen MR) is 101 cm³/mol. The first-order valence-electron chi connectivity index (χ1n) is 9.43. The van der Waals surface area contributed by atoms with Gasteiger partial charge < -0.3 is 14.5 Å². The summed E-state index contributed by atoms with van der Waals surface area (Å²) in [5.74, 6) is 1.52. The summed E-state index contributed by atoms with van der Waals surface area (Å²) in [5.41, 5.74) is 1.67. The van der Waals surface area contributed by atoms with Crippen LogP contribution in [0.25, 0.3) is 0 Å². The Labute approximate surface area is 158 Å². The van der Waals surface area contributed by atoms with Gasteiger partial charge in [0.15, 0.2) is 0 Å². The number of anilines is 2. The van der Waals surface area contributed by atoms with E-state index >= 15 is 0 Å². The number of aromatic nitrogens is 3. The van der Waals surface area contributed by atoms with E-state index < -0.39 is 0 Å². The average Bonchev–Trinajstić information content (AvgIpc) is 2.70. The van der Waals surface area contributed by atoms with Crippen molar-refractivity contribution in [1.29, 1.82) is 0 Å². The van der Waals surface area contributed by atoms with Crippen LogP contribution < -0.4 is 9.80 Å². The zero-order chi connectivity index (χ0) is 18.6. The average molecular weight is 372 g/mol. The molecular weight excluding hydrogens is 347 g/mol. The molecule has 0 bridgehead atoms. The van der Waals surface area contributed by atoms with Crippen molar-refractivity contribution in [2.45, 2.75) is 13.5 Å². The number of hydrogen-bond acceptors (Lipinski definition) is 7. The Morgan fingerprint density at radius 2 is 1.81 bits per heavy atom. The summed E-state index contributed by atoms with van der Waals surface area (Å²) in [6.07, 6.45) is 2.92. The maximum absolute atomic E-state index is 13.8. The molecule has 2 aliphatic heterocycles. The number of rotatable bonds is 4. The molecule has 0 saturated carbocycles. The van der Waals surface area contributed by atoms with Gasteiger partial charge in [0.05, 0.1) is 19.4 Å². The molecule has 2 fully saturated rings. The molecule has 0 spiro atoms. The third kappa shape index (κ3) is 4.33. The second-order valence-corrected chi connectivity index (χ2v) is 7.00. The van der Waals surface area contributed by atoms with Crippen molar-refractivity contribution in [3.8, 4) is 0 Å². The molecule has 0 amide bonds. The molecule has 0 atom stereocenters. The van der Waals surface area contributed by atoms with Crippen LogP contribution in [0.15, 0.2) is 24.5 Å². The first-order valence-corrected chi connectivity index (χ1v) is 9.43. The van der Waals surface area contributed by atoms with Crippen LogP contribution in [0.1, 0.15) is 11.3 Å². The maximum Gasteiger partial charge on any atom is 0.227 e. The minimum Gasteiger partial charge on any atom is -0.378 e. The highest BCUT2D eigenvalue weighted by molar-refractivity contribution is 5.46. The van der Waals surface area contributed by atoms with Gasteiger partial charge in [0.1, 0.15) is 11.6 Å². The molecular formula is C19H25FN6O. The molecule has 0 aliphatic carbocycles. The Morgan fingerprint density at radius 1 is 1.04 bits per heavy atom. The molecule has 2 aromatic heterocycles. The second kappa shape index (κ2) is 8.14. The van der Waals surface area contributed by atoms with E-state index in [-0.39, 0.29) is 5.82 Å². The molecule has 4 rings (SSSR count). The van der Waals surface area contributed by atoms with Crippen molar-refractivity contribution >= 4 is 11.8 Å². The van der Waals surface area contributed by atoms with Crippen molar-refractivity contribution in [2.24, 2.45) is 0 Å². The number of piperazine rings is 1. The van der Waals surface area contributed by atoms with Gasteiger partial charge in [0.2, 0.25) is 5.95 Å². The van der Waals surface area contributed by atoms with E-state index in [1.54, 1.807) is 12.3 Å². The van der Waals surface area contributed by atoms with Crippen molar-refractivity contribution in [2.75, 3.05) is 62.3 Å². The molecule has 2 saturated heterocycles. The first-order chi connectivity index (χ1) is 13.2. The lowest BCUT2D eigenvalue weighted by Gasteiger charge is -2.36. The van der Waals surface area contributed by atoms with Crippen LogP contribution in [0.3, 0.4) is 0 Å². The fourth-order valence-electron chi connectivity index (χ4n) is 3.51. The van der Waals surface area contributed by atoms with Crippen LogP contribution >= 0.6 is 0 Å². The minimum absolute atomic E-state index is 0.235. The summed E-state index contributed by atoms with van der Waals surface area (Å²) in [4.78, 5) is 20.0. The van der Waals surface area contributed by atoms with E-state index in [9.17, 15) is 4.39 Å². The van der Waals surface area contributed by atoms with Crippen LogP contribution in [-0.2, 0) is 11.3 Å². The van der Waals surface area contributed by atoms with Crippen LogP contribution in [0.2, 0.25) is 0 Å². The van der Waals surface area contributed by atoms with E-state index in [1.165, 1.54) is 6.20 Å². The van der Waals surface area contributed by atoms with Crippen molar-refractivity contribution in [3.05, 3.63) is 41.6 Å². The topological polar surface area (TPSA) is 57.6 Å². The number of aryl methyl sites for hydroxylation is 1. The van der Waals surface area contributed by atoms with Crippen LogP contribution in [0.4, 0.5) is 16.2 Å². The Kier molecular flexibility index (Phi) is 5.45. The fourth-order valence-corrected chi connectivity index (χ4v) is 3.51. The van der Waals surface area contributed by atoms with Gasteiger partial charge >= 0.3 is 0 Å². The van der Waals surface area contributed by atoms with Gasteiger partial charge in [-0.15, -0.1) is 0 Å². The summed E-state index contributed by atoms with van der Waals surface area (Å²) < 4.78 is 19.2. The second-order valence-electron chi connectivity index (χ2n) is 7.00. The van der Waals surface area contributed by atoms with E-state index in [2.05, 4.69) is 24.7 Å². The van der Waals surface area contributed by atoms with E-state index in [0.717, 1.165) is 69.9 Å². The Bertz CT molecular complexity index is 775. The SMILES string of the molecule is Cc1cc(N2CCN(Cc3ccncc3F)CC2)nc(N2CCOCC2)n1. The van der Waals surface area contributed by atoms with Gasteiger partial charge in [-0.2, -0.15) is 4.98 Å². The molecule has 144 valence electrons. The molecule has 2 aromatic rings. The summed E-state index contributed by atoms with van der Waals surface area (Å²) in [5, 5.41) is 0. The van der Waals surface area contributed by atoms with Gasteiger partial charge in [-0.05, 0) is 13.0 Å². The number of morpholine rings is 1. The van der Waals surface area contributed by atoms with Crippen molar-refractivity contribution < 1.29 is 9.13 Å². The van der Waals surface area contributed by atoms with Crippen molar-refractivity contribution in [3.63, 3.8) is 0 Å². The Balaban J connectivity index is 1.40. The summed E-state index contributed by atoms with van der Waals surface area (Å²) >= 11 is 0. The van der Waals surface area contributed by atoms with Gasteiger partial charge in [-0.25, -0.2) is 9.37 Å². The highest BCUT2D eigenvalue weighted by Crippen LogP contribution is 2.20. The summed E-state index contributed by atoms with van der Waals surface area (Å²) in [6, 6.07) is 3.80. The highest BCUT2D eigenvalue weighted by atomic mass is 19.1. The minimum atomic E-state index is -0.235. The summed E-state index contributed by atoms with van der Waals surface area (Å²) in [6.45, 7) is 9.20. The van der Waals surface area contributed by atoms with Crippen molar-refractivity contribution in [1.82, 2.24) is 19.9 Å². The molecule has 0 N–H and O–H groups in total. The first kappa shape index (κ1) is 18.1. The lowest BCUT2D eigenvalue weighted by atomic mass is 10.2. The van der Waals surface area contributed by atoms with Gasteiger partial charge in [0, 0.05) is 69.3 Å². The maximum atomic E-state index is 13.8. The zero-order valence-corrected chi connectivity index (χ0v) is 15.6. The van der Waals surface area contributed by atoms with E-state index in [4.69, 9.17) is 9.72 Å². The number of halogens is 1. The zero-order valence-electron chi connectivity index (χ0n) is 15.6. The highest BCUT2D eigenvalue weighted by Gasteiger charge is 2.21. The standard InChI is InChI=1S/C19H25FN6O/c1-15-12-18(23-19(22-15)26-8-10-27-11-9-26)25-6-4-24(5-7-25)14-16-2-3-21-13-17(16)20/h2-3,12-13H,4-11,14H2,1H3. The number of hydrogen-bond donors (Lipinski definition) is 0. The lowest BCUT2D eigenvalue weighted by Crippen LogP contribution is -2.46. The lowest BCUT2D eigenvalue weighted by molar-refractivity contribution is 0.122. The van der Waals surface area contributed by atoms with Crippen LogP contribution in [0, 0.1) is 12.7 Å². The normalized spacial score (nSPS) is 18.7. The monoisotopic (exact) mass is 372 g/mol. The van der Waals surface area contributed by atoms with Crippen LogP contribution in [-0.4, -0.2) is 72.3 Å². The predicted octanol–water partition coefficient (Wildman–Crippen LogP) is 1.48. The van der Waals surface area contributed by atoms with E-state index in [0.29, 0.717) is 12.1 Å². The molecule has 7 nitrogen and oxygen atoms in total. The Hall–Kier alpha value is -2.32. The molecule has 0 unspecified atom stereocenters. The van der Waals surface area contributed by atoms with Gasteiger partial charge in [-0.3, -0.25) is 9.88 Å².